The highest BCUT2D eigenvalue weighted by Crippen LogP contribution is 2.48. The number of rotatable bonds is 3. The first-order valence-corrected chi connectivity index (χ1v) is 4.15. The van der Waals surface area contributed by atoms with Crippen molar-refractivity contribution in [2.24, 2.45) is 5.41 Å². The molecule has 11 heavy (non-hydrogen) atoms. The van der Waals surface area contributed by atoms with Crippen molar-refractivity contribution in [1.82, 2.24) is 0 Å². The predicted octanol–water partition coefficient (Wildman–Crippen LogP) is 0.174. The number of hydrogen-bond donors (Lipinski definition) is 1. The summed E-state index contributed by atoms with van der Waals surface area (Å²) in [6.07, 6.45) is 2.66. The molecule has 1 aliphatic carbocycles. The first-order chi connectivity index (χ1) is 5.35. The lowest BCUT2D eigenvalue weighted by molar-refractivity contribution is -0.210. The fourth-order valence-electron chi connectivity index (χ4n) is 1.87. The Bertz CT molecular complexity index is 134. The average molecular weight is 158 g/mol. The maximum absolute atomic E-state index is 8.49. The zero-order chi connectivity index (χ0) is 7.73. The molecule has 1 heterocycles. The first-order valence-electron chi connectivity index (χ1n) is 4.15. The van der Waals surface area contributed by atoms with Crippen LogP contribution in [-0.2, 0) is 9.47 Å². The van der Waals surface area contributed by atoms with E-state index in [0.29, 0.717) is 18.1 Å². The highest BCUT2D eigenvalue weighted by atomic mass is 16.5. The zero-order valence-corrected chi connectivity index (χ0v) is 6.58. The molecule has 0 atom stereocenters. The van der Waals surface area contributed by atoms with Crippen molar-refractivity contribution in [3.63, 3.8) is 0 Å². The molecule has 3 nitrogen and oxygen atoms in total. The Morgan fingerprint density at radius 2 is 2.18 bits per heavy atom. The molecule has 0 aromatic rings. The lowest BCUT2D eigenvalue weighted by Gasteiger charge is -2.52. The third-order valence-electron chi connectivity index (χ3n) is 2.58. The van der Waals surface area contributed by atoms with E-state index < -0.39 is 0 Å². The molecule has 64 valence electrons. The first kappa shape index (κ1) is 7.53. The molecule has 1 aliphatic heterocycles. The van der Waals surface area contributed by atoms with E-state index in [1.807, 2.05) is 0 Å². The standard InChI is InChI=1S/C8H14O3/c9-1-2-11-7-3-8(4-7)5-10-6-8/h7,9H,1-6H2. The van der Waals surface area contributed by atoms with Crippen molar-refractivity contribution in [3.8, 4) is 0 Å². The van der Waals surface area contributed by atoms with Gasteiger partial charge in [0.2, 0.25) is 0 Å². The highest BCUT2D eigenvalue weighted by Gasteiger charge is 2.50. The van der Waals surface area contributed by atoms with Crippen LogP contribution >= 0.6 is 0 Å². The number of aliphatic hydroxyl groups excluding tert-OH is 1. The quantitative estimate of drug-likeness (QED) is 0.636. The Morgan fingerprint density at radius 3 is 2.64 bits per heavy atom. The van der Waals surface area contributed by atoms with Crippen LogP contribution in [0.25, 0.3) is 0 Å². The molecule has 0 aromatic heterocycles. The molecule has 0 amide bonds. The fourth-order valence-corrected chi connectivity index (χ4v) is 1.87. The van der Waals surface area contributed by atoms with Crippen molar-refractivity contribution in [2.75, 3.05) is 26.4 Å². The van der Waals surface area contributed by atoms with Crippen molar-refractivity contribution in [2.45, 2.75) is 18.9 Å². The van der Waals surface area contributed by atoms with Gasteiger partial charge in [0, 0.05) is 5.41 Å². The second kappa shape index (κ2) is 2.73. The Labute approximate surface area is 66.3 Å². The minimum Gasteiger partial charge on any atom is -0.394 e. The summed E-state index contributed by atoms with van der Waals surface area (Å²) >= 11 is 0. The van der Waals surface area contributed by atoms with Gasteiger partial charge in [-0.25, -0.2) is 0 Å². The summed E-state index contributed by atoms with van der Waals surface area (Å²) in [6, 6.07) is 0. The van der Waals surface area contributed by atoms with E-state index in [1.165, 1.54) is 0 Å². The average Bonchev–Trinajstić information content (AvgIpc) is 1.81. The third kappa shape index (κ3) is 1.28. The molecule has 0 radical (unpaired) electrons. The van der Waals surface area contributed by atoms with Crippen LogP contribution in [0, 0.1) is 5.41 Å². The van der Waals surface area contributed by atoms with Crippen LogP contribution in [0.1, 0.15) is 12.8 Å². The number of ether oxygens (including phenoxy) is 2. The van der Waals surface area contributed by atoms with Gasteiger partial charge in [-0.15, -0.1) is 0 Å². The molecule has 2 rings (SSSR count). The minimum atomic E-state index is 0.139. The van der Waals surface area contributed by atoms with Gasteiger partial charge < -0.3 is 14.6 Å². The monoisotopic (exact) mass is 158 g/mol. The molecule has 1 saturated heterocycles. The summed E-state index contributed by atoms with van der Waals surface area (Å²) < 4.78 is 10.5. The Hall–Kier alpha value is -0.120. The van der Waals surface area contributed by atoms with Gasteiger partial charge in [0.15, 0.2) is 0 Å². The van der Waals surface area contributed by atoms with E-state index >= 15 is 0 Å². The summed E-state index contributed by atoms with van der Waals surface area (Å²) in [4.78, 5) is 0. The van der Waals surface area contributed by atoms with Crippen molar-refractivity contribution in [3.05, 3.63) is 0 Å². The lowest BCUT2D eigenvalue weighted by atomic mass is 9.65. The number of hydrogen-bond acceptors (Lipinski definition) is 3. The highest BCUT2D eigenvalue weighted by molar-refractivity contribution is 4.98. The molecule has 1 spiro atoms. The topological polar surface area (TPSA) is 38.7 Å². The molecule has 2 fully saturated rings. The Balaban J connectivity index is 1.63. The van der Waals surface area contributed by atoms with Crippen LogP contribution in [0.3, 0.4) is 0 Å². The summed E-state index contributed by atoms with van der Waals surface area (Å²) in [7, 11) is 0. The van der Waals surface area contributed by atoms with Gasteiger partial charge >= 0.3 is 0 Å². The maximum atomic E-state index is 8.49. The Kier molecular flexibility index (Phi) is 1.87. The summed E-state index contributed by atoms with van der Waals surface area (Å²) in [5.41, 5.74) is 0.486. The molecule has 1 saturated carbocycles. The van der Waals surface area contributed by atoms with Gasteiger partial charge in [0.05, 0.1) is 32.5 Å². The van der Waals surface area contributed by atoms with E-state index in [-0.39, 0.29) is 6.61 Å². The normalized spacial score (nSPS) is 28.1. The van der Waals surface area contributed by atoms with Gasteiger partial charge in [0.25, 0.3) is 0 Å². The SMILES string of the molecule is OCCOC1CC2(COC2)C1. The third-order valence-corrected chi connectivity index (χ3v) is 2.58. The molecule has 0 bridgehead atoms. The second-order valence-corrected chi connectivity index (χ2v) is 3.62. The second-order valence-electron chi connectivity index (χ2n) is 3.62. The molecule has 1 N–H and O–H groups in total. The Morgan fingerprint density at radius 1 is 1.45 bits per heavy atom. The number of aliphatic hydroxyl groups is 1. The summed E-state index contributed by atoms with van der Waals surface area (Å²) in [5, 5.41) is 8.49. The van der Waals surface area contributed by atoms with E-state index in [0.717, 1.165) is 26.1 Å². The largest absolute Gasteiger partial charge is 0.394 e. The van der Waals surface area contributed by atoms with E-state index in [9.17, 15) is 0 Å². The van der Waals surface area contributed by atoms with Gasteiger partial charge in [-0.2, -0.15) is 0 Å². The van der Waals surface area contributed by atoms with E-state index in [1.54, 1.807) is 0 Å². The summed E-state index contributed by atoms with van der Waals surface area (Å²) in [6.45, 7) is 2.47. The molecule has 3 heteroatoms. The van der Waals surface area contributed by atoms with Crippen LogP contribution in [0.15, 0.2) is 0 Å². The summed E-state index contributed by atoms with van der Waals surface area (Å²) in [5.74, 6) is 0. The molecular formula is C8H14O3. The fraction of sp³-hybridized carbons (Fsp3) is 1.00. The van der Waals surface area contributed by atoms with Gasteiger partial charge in [0.1, 0.15) is 0 Å². The van der Waals surface area contributed by atoms with Crippen molar-refractivity contribution in [1.29, 1.82) is 0 Å². The van der Waals surface area contributed by atoms with E-state index in [2.05, 4.69) is 0 Å². The van der Waals surface area contributed by atoms with Crippen molar-refractivity contribution < 1.29 is 14.6 Å². The predicted molar refractivity (Wildman–Crippen MR) is 39.3 cm³/mol. The van der Waals surface area contributed by atoms with Gasteiger partial charge in [-0.1, -0.05) is 0 Å². The van der Waals surface area contributed by atoms with E-state index in [4.69, 9.17) is 14.6 Å². The minimum absolute atomic E-state index is 0.139. The van der Waals surface area contributed by atoms with Crippen molar-refractivity contribution >= 4 is 0 Å². The van der Waals surface area contributed by atoms with Gasteiger partial charge in [-0.3, -0.25) is 0 Å². The maximum Gasteiger partial charge on any atom is 0.0701 e. The zero-order valence-electron chi connectivity index (χ0n) is 6.58. The van der Waals surface area contributed by atoms with Crippen LogP contribution in [0.2, 0.25) is 0 Å². The molecule has 0 unspecified atom stereocenters. The van der Waals surface area contributed by atoms with Crippen LogP contribution < -0.4 is 0 Å². The lowest BCUT2D eigenvalue weighted by Crippen LogP contribution is -2.55. The molecule has 0 aromatic carbocycles. The van der Waals surface area contributed by atoms with Crippen LogP contribution in [-0.4, -0.2) is 37.6 Å². The molecular weight excluding hydrogens is 144 g/mol. The van der Waals surface area contributed by atoms with Crippen LogP contribution in [0.4, 0.5) is 0 Å². The molecule has 2 aliphatic rings. The smallest absolute Gasteiger partial charge is 0.0701 e. The van der Waals surface area contributed by atoms with Gasteiger partial charge in [-0.05, 0) is 12.8 Å². The van der Waals surface area contributed by atoms with Crippen LogP contribution in [0.5, 0.6) is 0 Å².